The Morgan fingerprint density at radius 3 is 2.03 bits per heavy atom. The van der Waals surface area contributed by atoms with Crippen molar-refractivity contribution in [2.75, 3.05) is 0 Å². The molecule has 0 saturated heterocycles. The zero-order valence-electron chi connectivity index (χ0n) is 16.4. The van der Waals surface area contributed by atoms with Gasteiger partial charge in [0.1, 0.15) is 22.2 Å². The van der Waals surface area contributed by atoms with Crippen molar-refractivity contribution in [1.82, 2.24) is 0 Å². The Bertz CT molecular complexity index is 1240. The number of ketones is 1. The number of halogens is 1. The highest BCUT2D eigenvalue weighted by atomic mass is 35.5. The molecule has 0 saturated carbocycles. The Morgan fingerprint density at radius 1 is 0.935 bits per heavy atom. The van der Waals surface area contributed by atoms with Gasteiger partial charge in [-0.1, -0.05) is 41.4 Å². The predicted molar refractivity (Wildman–Crippen MR) is 119 cm³/mol. The molecule has 0 heterocycles. The van der Waals surface area contributed by atoms with Gasteiger partial charge < -0.3 is 15.3 Å². The number of hydrogen-bond acceptors (Lipinski definition) is 6. The van der Waals surface area contributed by atoms with E-state index in [4.69, 9.17) is 11.6 Å². The van der Waals surface area contributed by atoms with Crippen LogP contribution in [-0.2, 0) is 15.6 Å². The van der Waals surface area contributed by atoms with E-state index >= 15 is 0 Å². The quantitative estimate of drug-likeness (QED) is 0.367. The summed E-state index contributed by atoms with van der Waals surface area (Å²) in [6, 6.07) is 14.3. The summed E-state index contributed by atoms with van der Waals surface area (Å²) in [7, 11) is -4.19. The molecule has 0 aliphatic rings. The summed E-state index contributed by atoms with van der Waals surface area (Å²) in [6.07, 6.45) is 0.907. The highest BCUT2D eigenvalue weighted by Crippen LogP contribution is 2.35. The van der Waals surface area contributed by atoms with Crippen LogP contribution in [0.2, 0.25) is 5.02 Å². The average molecular weight is 459 g/mol. The number of allylic oxidation sites excluding steroid dienone is 1. The van der Waals surface area contributed by atoms with Crippen LogP contribution in [0, 0.1) is 6.92 Å². The number of phenolic OH excluding ortho intramolecular Hbond substituents is 3. The van der Waals surface area contributed by atoms with Crippen LogP contribution in [0.4, 0.5) is 0 Å². The van der Waals surface area contributed by atoms with Crippen LogP contribution in [0.15, 0.2) is 65.6 Å². The highest BCUT2D eigenvalue weighted by Gasteiger charge is 2.27. The smallest absolute Gasteiger partial charge is 0.204 e. The Balaban J connectivity index is 2.15. The van der Waals surface area contributed by atoms with E-state index in [-0.39, 0.29) is 11.1 Å². The summed E-state index contributed by atoms with van der Waals surface area (Å²) < 4.78 is 26.5. The lowest BCUT2D eigenvalue weighted by molar-refractivity contribution is 0.104. The largest absolute Gasteiger partial charge is 0.508 e. The van der Waals surface area contributed by atoms with Gasteiger partial charge in [-0.25, -0.2) is 8.42 Å². The van der Waals surface area contributed by atoms with Crippen molar-refractivity contribution in [3.8, 4) is 17.2 Å². The molecule has 0 unspecified atom stereocenters. The van der Waals surface area contributed by atoms with Crippen molar-refractivity contribution in [1.29, 1.82) is 0 Å². The second kappa shape index (κ2) is 8.83. The molecule has 0 fully saturated rings. The van der Waals surface area contributed by atoms with Crippen molar-refractivity contribution in [3.63, 3.8) is 0 Å². The Labute approximate surface area is 184 Å². The molecule has 0 bridgehead atoms. The number of carbonyl (C=O) groups excluding carboxylic acids is 1. The Hall–Kier alpha value is -3.29. The number of aromatic hydroxyl groups is 3. The molecule has 3 rings (SSSR count). The summed E-state index contributed by atoms with van der Waals surface area (Å²) in [5.41, 5.74) is 1.19. The molecule has 160 valence electrons. The SMILES string of the molecule is Cc1ccc(CS(=O)(=O)/C(=C/c2c(O)cc(O)cc2O)C(=O)c2ccc(Cl)cc2)cc1. The summed E-state index contributed by atoms with van der Waals surface area (Å²) in [4.78, 5) is 12.5. The van der Waals surface area contributed by atoms with E-state index in [2.05, 4.69) is 0 Å². The molecular formula is C23H19ClO6S. The van der Waals surface area contributed by atoms with E-state index in [0.29, 0.717) is 10.6 Å². The van der Waals surface area contributed by atoms with Gasteiger partial charge in [-0.2, -0.15) is 0 Å². The third kappa shape index (κ3) is 5.25. The number of benzene rings is 3. The van der Waals surface area contributed by atoms with Gasteiger partial charge in [0.2, 0.25) is 5.78 Å². The Kier molecular flexibility index (Phi) is 6.38. The molecule has 0 radical (unpaired) electrons. The van der Waals surface area contributed by atoms with Gasteiger partial charge in [-0.15, -0.1) is 0 Å². The number of Topliss-reactive ketones (excluding diaryl/α,β-unsaturated/α-hetero) is 1. The third-order valence-corrected chi connectivity index (χ3v) is 6.48. The highest BCUT2D eigenvalue weighted by molar-refractivity contribution is 7.95. The monoisotopic (exact) mass is 458 g/mol. The fraction of sp³-hybridized carbons (Fsp3) is 0.0870. The van der Waals surface area contributed by atoms with Crippen molar-refractivity contribution in [2.45, 2.75) is 12.7 Å². The minimum atomic E-state index is -4.19. The predicted octanol–water partition coefficient (Wildman–Crippen LogP) is 4.60. The number of sulfone groups is 1. The second-order valence-electron chi connectivity index (χ2n) is 6.99. The molecule has 3 N–H and O–H groups in total. The third-order valence-electron chi connectivity index (χ3n) is 4.54. The topological polar surface area (TPSA) is 112 Å². The van der Waals surface area contributed by atoms with Crippen molar-refractivity contribution < 1.29 is 28.5 Å². The van der Waals surface area contributed by atoms with E-state index in [0.717, 1.165) is 23.8 Å². The van der Waals surface area contributed by atoms with Crippen molar-refractivity contribution >= 4 is 33.3 Å². The summed E-state index contributed by atoms with van der Waals surface area (Å²) >= 11 is 5.86. The van der Waals surface area contributed by atoms with Gasteiger partial charge in [-0.3, -0.25) is 4.79 Å². The van der Waals surface area contributed by atoms with E-state index in [1.807, 2.05) is 6.92 Å². The zero-order chi connectivity index (χ0) is 22.8. The number of aryl methyl sites for hydroxylation is 1. The fourth-order valence-electron chi connectivity index (χ4n) is 2.91. The maximum absolute atomic E-state index is 13.2. The van der Waals surface area contributed by atoms with Crippen LogP contribution in [0.5, 0.6) is 17.2 Å². The van der Waals surface area contributed by atoms with Crippen molar-refractivity contribution in [2.24, 2.45) is 0 Å². The van der Waals surface area contributed by atoms with Crippen molar-refractivity contribution in [3.05, 3.63) is 92.8 Å². The van der Waals surface area contributed by atoms with Gasteiger partial charge in [0, 0.05) is 22.7 Å². The summed E-state index contributed by atoms with van der Waals surface area (Å²) in [6.45, 7) is 1.87. The lowest BCUT2D eigenvalue weighted by atomic mass is 10.1. The normalized spacial score (nSPS) is 12.0. The summed E-state index contributed by atoms with van der Waals surface area (Å²) in [5, 5.41) is 30.1. The average Bonchev–Trinajstić information content (AvgIpc) is 2.69. The molecule has 0 aromatic heterocycles. The molecule has 0 amide bonds. The molecule has 0 aliphatic carbocycles. The first kappa shape index (κ1) is 22.4. The van der Waals surface area contributed by atoms with Crippen LogP contribution in [-0.4, -0.2) is 29.5 Å². The molecule has 3 aromatic rings. The molecule has 0 spiro atoms. The molecule has 6 nitrogen and oxygen atoms in total. The fourth-order valence-corrected chi connectivity index (χ4v) is 4.52. The number of phenols is 3. The first-order chi connectivity index (χ1) is 14.6. The Morgan fingerprint density at radius 2 is 1.48 bits per heavy atom. The molecule has 3 aromatic carbocycles. The van der Waals surface area contributed by atoms with E-state index in [1.54, 1.807) is 24.3 Å². The van der Waals surface area contributed by atoms with Gasteiger partial charge >= 0.3 is 0 Å². The van der Waals surface area contributed by atoms with E-state index in [9.17, 15) is 28.5 Å². The first-order valence-corrected chi connectivity index (χ1v) is 11.1. The van der Waals surface area contributed by atoms with Crippen LogP contribution in [0.1, 0.15) is 27.0 Å². The summed E-state index contributed by atoms with van der Waals surface area (Å²) in [5.74, 6) is -2.86. The number of hydrogen-bond donors (Lipinski definition) is 3. The second-order valence-corrected chi connectivity index (χ2v) is 9.38. The minimum Gasteiger partial charge on any atom is -0.508 e. The van der Waals surface area contributed by atoms with E-state index < -0.39 is 43.5 Å². The van der Waals surface area contributed by atoms with Gasteiger partial charge in [0.15, 0.2) is 9.84 Å². The molecule has 31 heavy (non-hydrogen) atoms. The van der Waals surface area contributed by atoms with Gasteiger partial charge in [0.25, 0.3) is 0 Å². The molecule has 8 heteroatoms. The van der Waals surface area contributed by atoms with E-state index in [1.165, 1.54) is 24.3 Å². The van der Waals surface area contributed by atoms with Crippen LogP contribution < -0.4 is 0 Å². The number of carbonyl (C=O) groups is 1. The van der Waals surface area contributed by atoms with Crippen LogP contribution in [0.25, 0.3) is 6.08 Å². The lowest BCUT2D eigenvalue weighted by Crippen LogP contribution is -2.16. The molecule has 0 atom stereocenters. The first-order valence-electron chi connectivity index (χ1n) is 9.12. The zero-order valence-corrected chi connectivity index (χ0v) is 18.0. The maximum Gasteiger partial charge on any atom is 0.204 e. The lowest BCUT2D eigenvalue weighted by Gasteiger charge is -2.11. The molecule has 0 aliphatic heterocycles. The molecular weight excluding hydrogens is 440 g/mol. The van der Waals surface area contributed by atoms with Crippen LogP contribution in [0.3, 0.4) is 0 Å². The van der Waals surface area contributed by atoms with Gasteiger partial charge in [-0.05, 0) is 42.8 Å². The van der Waals surface area contributed by atoms with Crippen LogP contribution >= 0.6 is 11.6 Å². The maximum atomic E-state index is 13.2. The minimum absolute atomic E-state index is 0.0703. The standard InChI is InChI=1S/C23H19ClO6S/c1-14-2-4-15(5-3-14)13-31(29,30)22(23(28)16-6-8-17(24)9-7-16)12-19-20(26)10-18(25)11-21(19)27/h2-12,25-27H,13H2,1H3/b22-12+. The van der Waals surface area contributed by atoms with Gasteiger partial charge in [0.05, 0.1) is 11.3 Å². The number of rotatable bonds is 6.